The first-order chi connectivity index (χ1) is 8.40. The Hall–Kier alpha value is -1.13. The van der Waals surface area contributed by atoms with Gasteiger partial charge in [0, 0.05) is 0 Å². The minimum absolute atomic E-state index is 0.202. The maximum Gasteiger partial charge on any atom is 0.332 e. The fraction of sp³-hybridized carbons (Fsp3) is 0.250. The van der Waals surface area contributed by atoms with Crippen LogP contribution in [0.3, 0.4) is 0 Å². The molecule has 0 heterocycles. The average molecular weight is 271 g/mol. The van der Waals surface area contributed by atoms with Crippen molar-refractivity contribution in [2.75, 3.05) is 6.61 Å². The first kappa shape index (κ1) is 14.9. The summed E-state index contributed by atoms with van der Waals surface area (Å²) < 4.78 is 15.8. The number of rotatable bonds is 7. The van der Waals surface area contributed by atoms with Gasteiger partial charge in [0.1, 0.15) is 24.6 Å². The van der Waals surface area contributed by atoms with Gasteiger partial charge in [-0.2, -0.15) is 0 Å². The molecule has 1 atom stereocenters. The highest BCUT2D eigenvalue weighted by molar-refractivity contribution is 7.54. The molecule has 0 aliphatic rings. The van der Waals surface area contributed by atoms with Crippen molar-refractivity contribution in [2.24, 2.45) is 0 Å². The normalized spacial score (nSPS) is 13.1. The van der Waals surface area contributed by atoms with E-state index in [1.807, 2.05) is 12.1 Å². The van der Waals surface area contributed by atoms with E-state index in [0.29, 0.717) is 11.9 Å². The van der Waals surface area contributed by atoms with E-state index < -0.39 is 13.7 Å². The minimum atomic E-state index is -4.33. The molecule has 6 heteroatoms. The highest BCUT2D eigenvalue weighted by Crippen LogP contribution is 2.39. The molecule has 0 fully saturated rings. The second kappa shape index (κ2) is 6.71. The maximum atomic E-state index is 10.6. The Balaban J connectivity index is 2.43. The molecule has 0 spiro atoms. The molecule has 1 aromatic carbocycles. The van der Waals surface area contributed by atoms with Crippen LogP contribution >= 0.6 is 7.60 Å². The van der Waals surface area contributed by atoms with E-state index in [4.69, 9.17) is 14.5 Å². The molecule has 0 aliphatic heterocycles. The summed E-state index contributed by atoms with van der Waals surface area (Å²) >= 11 is 0. The van der Waals surface area contributed by atoms with E-state index in [-0.39, 0.29) is 6.61 Å². The minimum Gasteiger partial charge on any atom is -0.491 e. The van der Waals surface area contributed by atoms with Crippen LogP contribution in [-0.4, -0.2) is 27.6 Å². The predicted molar refractivity (Wildman–Crippen MR) is 68.2 cm³/mol. The smallest absolute Gasteiger partial charge is 0.332 e. The first-order valence-corrected chi connectivity index (χ1v) is 7.01. The molecule has 1 aromatic rings. The van der Waals surface area contributed by atoms with Crippen LogP contribution in [0, 0.1) is 6.16 Å². The van der Waals surface area contributed by atoms with Gasteiger partial charge in [0.15, 0.2) is 0 Å². The van der Waals surface area contributed by atoms with E-state index in [9.17, 15) is 9.67 Å². The van der Waals surface area contributed by atoms with Crippen LogP contribution in [0.15, 0.2) is 36.9 Å². The van der Waals surface area contributed by atoms with E-state index in [0.717, 1.165) is 12.0 Å². The molecule has 0 aromatic heterocycles. The summed E-state index contributed by atoms with van der Waals surface area (Å²) in [5.74, 6) is 0.529. The van der Waals surface area contributed by atoms with Crippen LogP contribution in [0.5, 0.6) is 5.75 Å². The summed E-state index contributed by atoms with van der Waals surface area (Å²) in [6.07, 6.45) is 1.79. The maximum absolute atomic E-state index is 10.6. The molecule has 0 saturated heterocycles. The van der Waals surface area contributed by atoms with Crippen molar-refractivity contribution in [3.63, 3.8) is 0 Å². The molecule has 1 unspecified atom stereocenters. The van der Waals surface area contributed by atoms with Gasteiger partial charge in [0.25, 0.3) is 0 Å². The molecule has 0 saturated carbocycles. The zero-order valence-electron chi connectivity index (χ0n) is 9.77. The van der Waals surface area contributed by atoms with Crippen molar-refractivity contribution in [3.8, 4) is 5.75 Å². The van der Waals surface area contributed by atoms with Crippen molar-refractivity contribution in [1.29, 1.82) is 0 Å². The van der Waals surface area contributed by atoms with Gasteiger partial charge in [0.05, 0.1) is 0 Å². The van der Waals surface area contributed by atoms with Crippen LogP contribution < -0.4 is 4.74 Å². The van der Waals surface area contributed by atoms with E-state index in [2.05, 4.69) is 6.58 Å². The lowest BCUT2D eigenvalue weighted by molar-refractivity contribution is 0.135. The van der Waals surface area contributed by atoms with Crippen molar-refractivity contribution >= 4 is 7.60 Å². The van der Waals surface area contributed by atoms with Gasteiger partial charge in [-0.15, -0.1) is 6.58 Å². The molecule has 0 aliphatic carbocycles. The third-order valence-electron chi connectivity index (χ3n) is 2.09. The number of ether oxygens (including phenoxy) is 1. The van der Waals surface area contributed by atoms with Crippen LogP contribution in [0.1, 0.15) is 5.56 Å². The summed E-state index contributed by atoms with van der Waals surface area (Å²) in [6, 6.07) is 7.16. The number of hydrogen-bond acceptors (Lipinski definition) is 3. The molecular weight excluding hydrogens is 255 g/mol. The Morgan fingerprint density at radius 3 is 2.44 bits per heavy atom. The second-order valence-electron chi connectivity index (χ2n) is 3.75. The van der Waals surface area contributed by atoms with E-state index in [1.54, 1.807) is 18.2 Å². The quantitative estimate of drug-likeness (QED) is 0.516. The number of aliphatic hydroxyl groups is 1. The number of aliphatic hydroxyl groups excluding tert-OH is 1. The van der Waals surface area contributed by atoms with Gasteiger partial charge in [-0.1, -0.05) is 18.2 Å². The van der Waals surface area contributed by atoms with E-state index in [1.165, 1.54) is 0 Å². The fourth-order valence-electron chi connectivity index (χ4n) is 1.34. The van der Waals surface area contributed by atoms with Crippen LogP contribution in [-0.2, 0) is 11.0 Å². The molecule has 18 heavy (non-hydrogen) atoms. The predicted octanol–water partition coefficient (Wildman–Crippen LogP) is 1.49. The van der Waals surface area contributed by atoms with Crippen molar-refractivity contribution < 1.29 is 24.2 Å². The van der Waals surface area contributed by atoms with Gasteiger partial charge in [-0.25, -0.2) is 0 Å². The van der Waals surface area contributed by atoms with Gasteiger partial charge in [-0.05, 0) is 24.1 Å². The summed E-state index contributed by atoms with van der Waals surface area (Å²) in [7, 11) is -4.33. The van der Waals surface area contributed by atoms with Gasteiger partial charge in [0.2, 0.25) is 0 Å². The molecule has 99 valence electrons. The Bertz CT molecular complexity index is 423. The monoisotopic (exact) mass is 271 g/mol. The number of hydrogen-bond donors (Lipinski definition) is 3. The topological polar surface area (TPSA) is 87.0 Å². The summed E-state index contributed by atoms with van der Waals surface area (Å²) in [4.78, 5) is 17.2. The van der Waals surface area contributed by atoms with Crippen LogP contribution in [0.4, 0.5) is 0 Å². The lowest BCUT2D eigenvalue weighted by Crippen LogP contribution is -2.18. The van der Waals surface area contributed by atoms with Crippen molar-refractivity contribution in [2.45, 2.75) is 12.5 Å². The van der Waals surface area contributed by atoms with Gasteiger partial charge in [-0.3, -0.25) is 4.57 Å². The highest BCUT2D eigenvalue weighted by atomic mass is 31.2. The zero-order valence-corrected chi connectivity index (χ0v) is 10.7. The third-order valence-corrected chi connectivity index (χ3v) is 2.82. The molecule has 0 amide bonds. The summed E-state index contributed by atoms with van der Waals surface area (Å²) in [6.45, 7) is 3.43. The summed E-state index contributed by atoms with van der Waals surface area (Å²) in [5.41, 5.74) is 1.08. The second-order valence-corrected chi connectivity index (χ2v) is 5.23. The molecule has 0 bridgehead atoms. The molecule has 1 radical (unpaired) electrons. The Morgan fingerprint density at radius 2 is 1.94 bits per heavy atom. The number of allylic oxidation sites excluding steroid dienone is 1. The first-order valence-electron chi connectivity index (χ1n) is 5.32. The Morgan fingerprint density at radius 1 is 1.33 bits per heavy atom. The molecule has 3 N–H and O–H groups in total. The summed E-state index contributed by atoms with van der Waals surface area (Å²) in [5, 5.41) is 9.30. The largest absolute Gasteiger partial charge is 0.491 e. The SMILES string of the molecule is C=CCc1ccc(OCC(O)[CH]P(=O)(O)O)cc1. The van der Waals surface area contributed by atoms with Gasteiger partial charge < -0.3 is 19.6 Å². The van der Waals surface area contributed by atoms with E-state index >= 15 is 0 Å². The third kappa shape index (κ3) is 5.98. The highest BCUT2D eigenvalue weighted by Gasteiger charge is 2.20. The van der Waals surface area contributed by atoms with Crippen molar-refractivity contribution in [3.05, 3.63) is 48.6 Å². The Kier molecular flexibility index (Phi) is 5.56. The lowest BCUT2D eigenvalue weighted by atomic mass is 10.1. The molecule has 5 nitrogen and oxygen atoms in total. The van der Waals surface area contributed by atoms with Gasteiger partial charge >= 0.3 is 7.60 Å². The average Bonchev–Trinajstić information content (AvgIpc) is 2.26. The van der Waals surface area contributed by atoms with Crippen molar-refractivity contribution in [1.82, 2.24) is 0 Å². The zero-order chi connectivity index (χ0) is 13.6. The van der Waals surface area contributed by atoms with Crippen LogP contribution in [0.2, 0.25) is 0 Å². The van der Waals surface area contributed by atoms with Crippen LogP contribution in [0.25, 0.3) is 0 Å². The molecular formula is C12H16O5P. The fourth-order valence-corrected chi connectivity index (χ4v) is 1.87. The molecule has 1 rings (SSSR count). The number of benzene rings is 1. The Labute approximate surface area is 106 Å². The lowest BCUT2D eigenvalue weighted by Gasteiger charge is -2.12. The standard InChI is InChI=1S/C12H16O5P/c1-2-3-10-4-6-12(7-5-10)17-8-11(13)9-18(14,15)16/h2,4-7,9,11,13H,1,3,8H2,(H2,14,15,16).